The number of carbonyl (C=O) groups excluding carboxylic acids is 2. The maximum atomic E-state index is 12.6. The van der Waals surface area contributed by atoms with E-state index in [9.17, 15) is 19.8 Å². The summed E-state index contributed by atoms with van der Waals surface area (Å²) in [6, 6.07) is 0. The Kier molecular flexibility index (Phi) is 3.78. The van der Waals surface area contributed by atoms with Crippen molar-refractivity contribution in [3.63, 3.8) is 0 Å². The van der Waals surface area contributed by atoms with Gasteiger partial charge in [0.2, 0.25) is 11.6 Å². The molecule has 4 nitrogen and oxygen atoms in total. The van der Waals surface area contributed by atoms with Gasteiger partial charge in [-0.2, -0.15) is 0 Å². The fourth-order valence-electron chi connectivity index (χ4n) is 5.61. The molecule has 4 heteroatoms. The lowest BCUT2D eigenvalue weighted by molar-refractivity contribution is -0.121. The maximum absolute atomic E-state index is 12.6. The molecule has 0 heterocycles. The quantitative estimate of drug-likeness (QED) is 0.558. The molecule has 0 amide bonds. The zero-order valence-electron chi connectivity index (χ0n) is 14.7. The Balaban J connectivity index is 2.15. The number of hydrogen-bond acceptors (Lipinski definition) is 4. The van der Waals surface area contributed by atoms with Crippen LogP contribution in [0.4, 0.5) is 0 Å². The van der Waals surface area contributed by atoms with Gasteiger partial charge in [-0.25, -0.2) is 0 Å². The number of aliphatic hydroxyl groups excluding tert-OH is 2. The first-order valence-corrected chi connectivity index (χ1v) is 8.70. The zero-order valence-corrected chi connectivity index (χ0v) is 14.7. The van der Waals surface area contributed by atoms with Crippen LogP contribution in [0, 0.1) is 22.7 Å². The van der Waals surface area contributed by atoms with E-state index < -0.39 is 23.1 Å². The van der Waals surface area contributed by atoms with Crippen LogP contribution < -0.4 is 0 Å². The van der Waals surface area contributed by atoms with Gasteiger partial charge in [-0.1, -0.05) is 39.3 Å². The average molecular weight is 330 g/mol. The van der Waals surface area contributed by atoms with Gasteiger partial charge in [0.1, 0.15) is 0 Å². The fraction of sp³-hybridized carbons (Fsp3) is 0.600. The van der Waals surface area contributed by atoms with Crippen molar-refractivity contribution in [3.05, 3.63) is 35.3 Å². The molecule has 3 atom stereocenters. The van der Waals surface area contributed by atoms with E-state index in [1.54, 1.807) is 0 Å². The van der Waals surface area contributed by atoms with Crippen LogP contribution in [0.25, 0.3) is 0 Å². The van der Waals surface area contributed by atoms with Gasteiger partial charge in [0, 0.05) is 12.0 Å². The number of aliphatic hydroxyl groups is 2. The zero-order chi connectivity index (χ0) is 17.9. The molecule has 0 bridgehead atoms. The van der Waals surface area contributed by atoms with Crippen molar-refractivity contribution < 1.29 is 19.8 Å². The SMILES string of the molecule is C=C1CC[C@H]2C(C)(C)CCC[C@]2(C)[C@H]1C1=C(O)C(=O)C=C(O)C1=O. The van der Waals surface area contributed by atoms with Crippen LogP contribution in [0.15, 0.2) is 35.3 Å². The Hall–Kier alpha value is -1.84. The second-order valence-corrected chi connectivity index (χ2v) is 8.52. The van der Waals surface area contributed by atoms with E-state index in [0.29, 0.717) is 5.92 Å². The fourth-order valence-corrected chi connectivity index (χ4v) is 5.61. The highest BCUT2D eigenvalue weighted by Gasteiger charge is 2.55. The highest BCUT2D eigenvalue weighted by Crippen LogP contribution is 2.62. The van der Waals surface area contributed by atoms with E-state index >= 15 is 0 Å². The molecule has 3 aliphatic rings. The molecular weight excluding hydrogens is 304 g/mol. The summed E-state index contributed by atoms with van der Waals surface area (Å²) >= 11 is 0. The molecule has 0 radical (unpaired) electrons. The third kappa shape index (κ3) is 2.27. The number of carbonyl (C=O) groups is 2. The van der Waals surface area contributed by atoms with Crippen LogP contribution in [-0.2, 0) is 9.59 Å². The van der Waals surface area contributed by atoms with Crippen LogP contribution in [0.1, 0.15) is 52.9 Å². The normalized spacial score (nSPS) is 36.5. The summed E-state index contributed by atoms with van der Waals surface area (Å²) < 4.78 is 0. The number of rotatable bonds is 1. The molecule has 3 aliphatic carbocycles. The van der Waals surface area contributed by atoms with Crippen LogP contribution in [-0.4, -0.2) is 21.8 Å². The van der Waals surface area contributed by atoms with E-state index in [1.165, 1.54) is 0 Å². The van der Waals surface area contributed by atoms with Gasteiger partial charge in [-0.15, -0.1) is 0 Å². The first-order chi connectivity index (χ1) is 11.1. The van der Waals surface area contributed by atoms with Crippen molar-refractivity contribution in [2.24, 2.45) is 22.7 Å². The third-order valence-corrected chi connectivity index (χ3v) is 6.62. The van der Waals surface area contributed by atoms with Gasteiger partial charge in [-0.05, 0) is 42.4 Å². The van der Waals surface area contributed by atoms with E-state index in [4.69, 9.17) is 0 Å². The number of fused-ring (bicyclic) bond motifs is 1. The number of ketones is 2. The molecule has 2 fully saturated rings. The van der Waals surface area contributed by atoms with Crippen LogP contribution in [0.2, 0.25) is 0 Å². The standard InChI is InChI=1S/C20H26O4/c1-11-6-7-14-19(2,3)8-5-9-20(14,4)16(11)15-17(23)12(21)10-13(22)18(15)24/h10,14,16,21,24H,1,5-9H2,2-4H3/t14-,16+,20-/m0/s1. The number of Topliss-reactive ketones (excluding diaryl/α,β-unsaturated/α-hetero) is 1. The van der Waals surface area contributed by atoms with Gasteiger partial charge < -0.3 is 10.2 Å². The molecule has 0 aromatic carbocycles. The smallest absolute Gasteiger partial charge is 0.227 e. The van der Waals surface area contributed by atoms with Gasteiger partial charge in [0.05, 0.1) is 5.57 Å². The van der Waals surface area contributed by atoms with E-state index in [0.717, 1.165) is 43.8 Å². The van der Waals surface area contributed by atoms with Crippen molar-refractivity contribution in [1.29, 1.82) is 0 Å². The largest absolute Gasteiger partial charge is 0.504 e. The van der Waals surface area contributed by atoms with Crippen molar-refractivity contribution in [3.8, 4) is 0 Å². The topological polar surface area (TPSA) is 74.6 Å². The molecule has 0 spiro atoms. The van der Waals surface area contributed by atoms with Crippen molar-refractivity contribution in [2.75, 3.05) is 0 Å². The summed E-state index contributed by atoms with van der Waals surface area (Å²) in [5.74, 6) is -2.44. The van der Waals surface area contributed by atoms with Crippen LogP contribution in [0.5, 0.6) is 0 Å². The predicted octanol–water partition coefficient (Wildman–Crippen LogP) is 4.19. The van der Waals surface area contributed by atoms with Gasteiger partial charge in [0.15, 0.2) is 11.5 Å². The molecule has 130 valence electrons. The minimum Gasteiger partial charge on any atom is -0.504 e. The minimum atomic E-state index is -0.698. The van der Waals surface area contributed by atoms with E-state index in [-0.39, 0.29) is 22.3 Å². The molecule has 0 aromatic heterocycles. The molecule has 0 saturated heterocycles. The van der Waals surface area contributed by atoms with Gasteiger partial charge in [-0.3, -0.25) is 9.59 Å². The summed E-state index contributed by atoms with van der Waals surface area (Å²) in [7, 11) is 0. The third-order valence-electron chi connectivity index (χ3n) is 6.62. The molecule has 0 aliphatic heterocycles. The molecular formula is C20H26O4. The van der Waals surface area contributed by atoms with Crippen molar-refractivity contribution >= 4 is 11.6 Å². The van der Waals surface area contributed by atoms with Crippen LogP contribution in [0.3, 0.4) is 0 Å². The summed E-state index contributed by atoms with van der Waals surface area (Å²) in [6.45, 7) is 10.8. The van der Waals surface area contributed by atoms with E-state index in [1.807, 2.05) is 0 Å². The molecule has 2 saturated carbocycles. The molecule has 0 aromatic rings. The second kappa shape index (κ2) is 5.33. The molecule has 2 N–H and O–H groups in total. The Morgan fingerprint density at radius 3 is 2.50 bits per heavy atom. The number of hydrogen-bond donors (Lipinski definition) is 2. The lowest BCUT2D eigenvalue weighted by atomic mass is 9.46. The number of allylic oxidation sites excluding steroid dienone is 3. The Labute approximate surface area is 142 Å². The lowest BCUT2D eigenvalue weighted by Crippen LogP contribution is -2.51. The summed E-state index contributed by atoms with van der Waals surface area (Å²) in [4.78, 5) is 24.6. The van der Waals surface area contributed by atoms with Crippen molar-refractivity contribution in [2.45, 2.75) is 52.9 Å². The summed E-state index contributed by atoms with van der Waals surface area (Å²) in [6.07, 6.45) is 5.69. The summed E-state index contributed by atoms with van der Waals surface area (Å²) in [5.41, 5.74) is 0.828. The van der Waals surface area contributed by atoms with Crippen LogP contribution >= 0.6 is 0 Å². The Morgan fingerprint density at radius 2 is 1.83 bits per heavy atom. The first kappa shape index (κ1) is 17.0. The lowest BCUT2D eigenvalue weighted by Gasteiger charge is -2.58. The van der Waals surface area contributed by atoms with E-state index in [2.05, 4.69) is 27.4 Å². The molecule has 0 unspecified atom stereocenters. The van der Waals surface area contributed by atoms with Gasteiger partial charge in [0.25, 0.3) is 0 Å². The highest BCUT2D eigenvalue weighted by atomic mass is 16.3. The Bertz CT molecular complexity index is 694. The first-order valence-electron chi connectivity index (χ1n) is 8.70. The second-order valence-electron chi connectivity index (χ2n) is 8.52. The molecule has 24 heavy (non-hydrogen) atoms. The van der Waals surface area contributed by atoms with Crippen molar-refractivity contribution in [1.82, 2.24) is 0 Å². The average Bonchev–Trinajstić information content (AvgIpc) is 2.47. The monoisotopic (exact) mass is 330 g/mol. The molecule has 3 rings (SSSR count). The predicted molar refractivity (Wildman–Crippen MR) is 91.5 cm³/mol. The minimum absolute atomic E-state index is 0.0508. The highest BCUT2D eigenvalue weighted by molar-refractivity contribution is 6.21. The summed E-state index contributed by atoms with van der Waals surface area (Å²) in [5, 5.41) is 20.2. The maximum Gasteiger partial charge on any atom is 0.227 e. The Morgan fingerprint density at radius 1 is 1.17 bits per heavy atom. The van der Waals surface area contributed by atoms with Gasteiger partial charge >= 0.3 is 0 Å².